The lowest BCUT2D eigenvalue weighted by molar-refractivity contribution is -0.121. The number of hydrogen-bond donors (Lipinski definition) is 1. The largest absolute Gasteiger partial charge is 0.468 e. The number of nitrogens with zero attached hydrogens (tertiary/aromatic N) is 1. The molecule has 0 saturated carbocycles. The first kappa shape index (κ1) is 16.4. The summed E-state index contributed by atoms with van der Waals surface area (Å²) in [6.07, 6.45) is 1.65. The standard InChI is InChI=1S/C18H18N2O3S/c1-13-15-6-2-3-7-16(15)18(22)20(13)11-17(21)19-8-10-24-12-14-5-4-9-23-14/h2-7,9H,1,8,10-12H2,(H,19,21). The molecule has 0 saturated heterocycles. The molecule has 24 heavy (non-hydrogen) atoms. The molecule has 6 heteroatoms. The lowest BCUT2D eigenvalue weighted by atomic mass is 10.1. The molecule has 2 amide bonds. The van der Waals surface area contributed by atoms with Gasteiger partial charge in [0.2, 0.25) is 5.91 Å². The maximum Gasteiger partial charge on any atom is 0.259 e. The van der Waals surface area contributed by atoms with E-state index in [1.807, 2.05) is 30.3 Å². The average Bonchev–Trinajstić information content (AvgIpc) is 3.18. The number of nitrogens with one attached hydrogen (secondary N) is 1. The number of fused-ring (bicyclic) bond motifs is 1. The molecule has 0 atom stereocenters. The highest BCUT2D eigenvalue weighted by Crippen LogP contribution is 2.30. The van der Waals surface area contributed by atoms with Crippen LogP contribution < -0.4 is 5.32 Å². The highest BCUT2D eigenvalue weighted by Gasteiger charge is 2.31. The van der Waals surface area contributed by atoms with Crippen LogP contribution in [0.1, 0.15) is 21.7 Å². The molecule has 0 aliphatic carbocycles. The van der Waals surface area contributed by atoms with Gasteiger partial charge in [-0.1, -0.05) is 24.8 Å². The lowest BCUT2D eigenvalue weighted by Gasteiger charge is -2.16. The Hall–Kier alpha value is -2.47. The van der Waals surface area contributed by atoms with Crippen molar-refractivity contribution in [3.8, 4) is 0 Å². The smallest absolute Gasteiger partial charge is 0.259 e. The summed E-state index contributed by atoms with van der Waals surface area (Å²) in [5.41, 5.74) is 1.98. The van der Waals surface area contributed by atoms with E-state index in [9.17, 15) is 9.59 Å². The highest BCUT2D eigenvalue weighted by atomic mass is 32.2. The minimum Gasteiger partial charge on any atom is -0.468 e. The number of carbonyl (C=O) groups excluding carboxylic acids is 2. The highest BCUT2D eigenvalue weighted by molar-refractivity contribution is 7.98. The fourth-order valence-electron chi connectivity index (χ4n) is 2.53. The molecule has 0 fully saturated rings. The van der Waals surface area contributed by atoms with Gasteiger partial charge in [-0.05, 0) is 18.2 Å². The molecule has 1 aliphatic heterocycles. The van der Waals surface area contributed by atoms with Crippen LogP contribution in [0, 0.1) is 0 Å². The lowest BCUT2D eigenvalue weighted by Crippen LogP contribution is -2.37. The van der Waals surface area contributed by atoms with Crippen molar-refractivity contribution in [3.05, 3.63) is 66.1 Å². The fourth-order valence-corrected chi connectivity index (χ4v) is 3.29. The molecule has 124 valence electrons. The maximum atomic E-state index is 12.3. The third kappa shape index (κ3) is 3.54. The molecule has 0 spiro atoms. The summed E-state index contributed by atoms with van der Waals surface area (Å²) in [4.78, 5) is 25.8. The molecule has 1 aromatic carbocycles. The van der Waals surface area contributed by atoms with Crippen molar-refractivity contribution in [3.63, 3.8) is 0 Å². The van der Waals surface area contributed by atoms with Gasteiger partial charge in [0.15, 0.2) is 0 Å². The van der Waals surface area contributed by atoms with Crippen LogP contribution in [0.4, 0.5) is 0 Å². The molecule has 1 N–H and O–H groups in total. The van der Waals surface area contributed by atoms with Gasteiger partial charge in [-0.15, -0.1) is 0 Å². The molecule has 1 aromatic heterocycles. The van der Waals surface area contributed by atoms with Gasteiger partial charge < -0.3 is 9.73 Å². The quantitative estimate of drug-likeness (QED) is 0.786. The Morgan fingerprint density at radius 1 is 1.21 bits per heavy atom. The summed E-state index contributed by atoms with van der Waals surface area (Å²) < 4.78 is 5.24. The number of rotatable bonds is 7. The zero-order valence-corrected chi connectivity index (χ0v) is 14.0. The van der Waals surface area contributed by atoms with Crippen molar-refractivity contribution in [2.45, 2.75) is 5.75 Å². The number of hydrogen-bond acceptors (Lipinski definition) is 4. The first-order valence-corrected chi connectivity index (χ1v) is 8.79. The van der Waals surface area contributed by atoms with E-state index in [4.69, 9.17) is 4.42 Å². The topological polar surface area (TPSA) is 62.6 Å². The predicted molar refractivity (Wildman–Crippen MR) is 94.4 cm³/mol. The summed E-state index contributed by atoms with van der Waals surface area (Å²) in [6.45, 7) is 4.47. The second-order valence-electron chi connectivity index (χ2n) is 5.37. The minimum absolute atomic E-state index is 0.00476. The summed E-state index contributed by atoms with van der Waals surface area (Å²) in [5.74, 6) is 2.12. The number of amides is 2. The number of carbonyl (C=O) groups is 2. The molecule has 0 bridgehead atoms. The second kappa shape index (κ2) is 7.40. The van der Waals surface area contributed by atoms with Gasteiger partial charge in [0.25, 0.3) is 5.91 Å². The van der Waals surface area contributed by atoms with Gasteiger partial charge in [0, 0.05) is 29.1 Å². The molecule has 1 aliphatic rings. The Balaban J connectivity index is 1.42. The van der Waals surface area contributed by atoms with E-state index in [1.54, 1.807) is 24.1 Å². The van der Waals surface area contributed by atoms with E-state index < -0.39 is 0 Å². The van der Waals surface area contributed by atoms with Crippen LogP contribution in [0.5, 0.6) is 0 Å². The van der Waals surface area contributed by atoms with E-state index in [-0.39, 0.29) is 18.4 Å². The monoisotopic (exact) mass is 342 g/mol. The molecular weight excluding hydrogens is 324 g/mol. The number of furan rings is 1. The zero-order chi connectivity index (χ0) is 16.9. The first-order valence-electron chi connectivity index (χ1n) is 7.64. The maximum absolute atomic E-state index is 12.3. The Morgan fingerprint density at radius 2 is 2.00 bits per heavy atom. The van der Waals surface area contributed by atoms with E-state index in [0.29, 0.717) is 17.8 Å². The SMILES string of the molecule is C=C1c2ccccc2C(=O)N1CC(=O)NCCSCc1ccco1. The molecule has 0 radical (unpaired) electrons. The van der Waals surface area contributed by atoms with Crippen LogP contribution in [0.2, 0.25) is 0 Å². The van der Waals surface area contributed by atoms with E-state index in [0.717, 1.165) is 22.8 Å². The molecular formula is C18H18N2O3S. The van der Waals surface area contributed by atoms with Crippen LogP contribution >= 0.6 is 11.8 Å². The molecule has 2 aromatic rings. The van der Waals surface area contributed by atoms with Crippen molar-refractivity contribution in [2.75, 3.05) is 18.8 Å². The van der Waals surface area contributed by atoms with E-state index >= 15 is 0 Å². The summed E-state index contributed by atoms with van der Waals surface area (Å²) >= 11 is 1.68. The second-order valence-corrected chi connectivity index (χ2v) is 6.47. The zero-order valence-electron chi connectivity index (χ0n) is 13.2. The van der Waals surface area contributed by atoms with E-state index in [1.165, 1.54) is 4.90 Å². The first-order chi connectivity index (χ1) is 11.7. The van der Waals surface area contributed by atoms with Gasteiger partial charge >= 0.3 is 0 Å². The van der Waals surface area contributed by atoms with Crippen LogP contribution in [-0.4, -0.2) is 35.6 Å². The van der Waals surface area contributed by atoms with E-state index in [2.05, 4.69) is 11.9 Å². The molecule has 5 nitrogen and oxygen atoms in total. The summed E-state index contributed by atoms with van der Waals surface area (Å²) in [5, 5.41) is 2.83. The van der Waals surface area contributed by atoms with Gasteiger partial charge in [-0.2, -0.15) is 11.8 Å². The Labute approximate surface area is 144 Å². The van der Waals surface area contributed by atoms with Crippen molar-refractivity contribution < 1.29 is 14.0 Å². The minimum atomic E-state index is -0.184. The van der Waals surface area contributed by atoms with Crippen molar-refractivity contribution in [2.24, 2.45) is 0 Å². The molecule has 0 unspecified atom stereocenters. The Bertz CT molecular complexity index is 720. The number of benzene rings is 1. The van der Waals surface area contributed by atoms with Gasteiger partial charge in [-0.3, -0.25) is 14.5 Å². The summed E-state index contributed by atoms with van der Waals surface area (Å²) in [6, 6.07) is 11.1. The predicted octanol–water partition coefficient (Wildman–Crippen LogP) is 2.76. The third-order valence-corrected chi connectivity index (χ3v) is 4.72. The van der Waals surface area contributed by atoms with Crippen molar-refractivity contribution >= 4 is 29.3 Å². The number of thioether (sulfide) groups is 1. The summed E-state index contributed by atoms with van der Waals surface area (Å²) in [7, 11) is 0. The Kier molecular flexibility index (Phi) is 5.05. The van der Waals surface area contributed by atoms with Gasteiger partial charge in [-0.25, -0.2) is 0 Å². The Morgan fingerprint density at radius 3 is 2.71 bits per heavy atom. The normalized spacial score (nSPS) is 13.2. The third-order valence-electron chi connectivity index (χ3n) is 3.73. The van der Waals surface area contributed by atoms with Gasteiger partial charge in [0.05, 0.1) is 12.0 Å². The van der Waals surface area contributed by atoms with Crippen LogP contribution in [0.25, 0.3) is 5.70 Å². The average molecular weight is 342 g/mol. The van der Waals surface area contributed by atoms with Crippen molar-refractivity contribution in [1.82, 2.24) is 10.2 Å². The van der Waals surface area contributed by atoms with Crippen molar-refractivity contribution in [1.29, 1.82) is 0 Å². The van der Waals surface area contributed by atoms with Crippen LogP contribution in [-0.2, 0) is 10.5 Å². The van der Waals surface area contributed by atoms with Crippen LogP contribution in [0.15, 0.2) is 53.7 Å². The fraction of sp³-hybridized carbons (Fsp3) is 0.222. The molecule has 3 rings (SSSR count). The van der Waals surface area contributed by atoms with Crippen LogP contribution in [0.3, 0.4) is 0 Å². The van der Waals surface area contributed by atoms with Gasteiger partial charge in [0.1, 0.15) is 12.3 Å². The molecule has 2 heterocycles.